The van der Waals surface area contributed by atoms with Crippen LogP contribution in [0.25, 0.3) is 0 Å². The first-order valence-corrected chi connectivity index (χ1v) is 8.24. The maximum atomic E-state index is 4.21. The molecule has 2 aromatic heterocycles. The summed E-state index contributed by atoms with van der Waals surface area (Å²) in [6.07, 6.45) is 6.01. The van der Waals surface area contributed by atoms with Crippen molar-refractivity contribution in [3.05, 3.63) is 33.5 Å². The molecule has 0 saturated carbocycles. The summed E-state index contributed by atoms with van der Waals surface area (Å²) >= 11 is 5.30. The Morgan fingerprint density at radius 1 is 1.47 bits per heavy atom. The third-order valence-corrected chi connectivity index (χ3v) is 5.10. The van der Waals surface area contributed by atoms with Gasteiger partial charge in [-0.15, -0.1) is 11.3 Å². The molecule has 0 bridgehead atoms. The van der Waals surface area contributed by atoms with Gasteiger partial charge in [-0.3, -0.25) is 9.58 Å². The molecule has 3 rings (SSSR count). The molecule has 3 heterocycles. The molecule has 0 radical (unpaired) electrons. The SMILES string of the molecule is Brc1cc(CN2CCCC(Cn3cncn3)C2)cs1. The Balaban J connectivity index is 1.55. The van der Waals surface area contributed by atoms with Crippen molar-refractivity contribution in [2.24, 2.45) is 5.92 Å². The zero-order valence-electron chi connectivity index (χ0n) is 10.7. The van der Waals surface area contributed by atoms with Crippen LogP contribution < -0.4 is 0 Å². The Morgan fingerprint density at radius 3 is 3.16 bits per heavy atom. The molecule has 1 atom stereocenters. The van der Waals surface area contributed by atoms with E-state index in [1.54, 1.807) is 17.7 Å². The minimum absolute atomic E-state index is 0.692. The second-order valence-electron chi connectivity index (χ2n) is 5.12. The molecule has 2 aromatic rings. The number of hydrogen-bond acceptors (Lipinski definition) is 4. The van der Waals surface area contributed by atoms with Crippen LogP contribution in [0.2, 0.25) is 0 Å². The lowest BCUT2D eigenvalue weighted by Crippen LogP contribution is -2.36. The van der Waals surface area contributed by atoms with Crippen molar-refractivity contribution in [3.8, 4) is 0 Å². The standard InChI is InChI=1S/C13H17BrN4S/c14-13-4-12(8-19-13)6-17-3-1-2-11(5-17)7-18-10-15-9-16-18/h4,8-11H,1-3,5-7H2. The molecule has 1 unspecified atom stereocenters. The molecule has 0 spiro atoms. The average molecular weight is 341 g/mol. The molecule has 1 fully saturated rings. The Morgan fingerprint density at radius 2 is 2.42 bits per heavy atom. The molecule has 102 valence electrons. The van der Waals surface area contributed by atoms with Crippen LogP contribution in [0.15, 0.2) is 27.9 Å². The molecule has 1 aliphatic rings. The van der Waals surface area contributed by atoms with E-state index in [1.165, 1.54) is 28.7 Å². The maximum Gasteiger partial charge on any atom is 0.137 e. The summed E-state index contributed by atoms with van der Waals surface area (Å²) in [6, 6.07) is 2.23. The van der Waals surface area contributed by atoms with Gasteiger partial charge in [0.15, 0.2) is 0 Å². The minimum Gasteiger partial charge on any atom is -0.299 e. The number of hydrogen-bond donors (Lipinski definition) is 0. The lowest BCUT2D eigenvalue weighted by Gasteiger charge is -2.32. The van der Waals surface area contributed by atoms with E-state index in [2.05, 4.69) is 42.4 Å². The first-order valence-electron chi connectivity index (χ1n) is 6.57. The van der Waals surface area contributed by atoms with E-state index in [1.807, 2.05) is 11.0 Å². The van der Waals surface area contributed by atoms with Crippen molar-refractivity contribution < 1.29 is 0 Å². The average Bonchev–Trinajstić information content (AvgIpc) is 3.02. The largest absolute Gasteiger partial charge is 0.299 e. The molecular weight excluding hydrogens is 324 g/mol. The Labute approximate surface area is 125 Å². The number of nitrogens with zero attached hydrogens (tertiary/aromatic N) is 4. The Hall–Kier alpha value is -0.720. The number of halogens is 1. The minimum atomic E-state index is 0.692. The molecular formula is C13H17BrN4S. The van der Waals surface area contributed by atoms with Crippen LogP contribution in [0.3, 0.4) is 0 Å². The van der Waals surface area contributed by atoms with Crippen LogP contribution in [-0.2, 0) is 13.1 Å². The zero-order chi connectivity index (χ0) is 13.1. The topological polar surface area (TPSA) is 34.0 Å². The molecule has 1 saturated heterocycles. The van der Waals surface area contributed by atoms with Crippen molar-refractivity contribution in [1.29, 1.82) is 0 Å². The highest BCUT2D eigenvalue weighted by atomic mass is 79.9. The van der Waals surface area contributed by atoms with E-state index < -0.39 is 0 Å². The first kappa shape index (κ1) is 13.3. The molecule has 0 aliphatic carbocycles. The summed E-state index contributed by atoms with van der Waals surface area (Å²) in [7, 11) is 0. The van der Waals surface area contributed by atoms with Crippen LogP contribution in [0, 0.1) is 5.92 Å². The van der Waals surface area contributed by atoms with E-state index in [0.29, 0.717) is 5.92 Å². The third-order valence-electron chi connectivity index (χ3n) is 3.54. The van der Waals surface area contributed by atoms with E-state index in [9.17, 15) is 0 Å². The summed E-state index contributed by atoms with van der Waals surface area (Å²) in [4.78, 5) is 6.57. The molecule has 4 nitrogen and oxygen atoms in total. The second-order valence-corrected chi connectivity index (χ2v) is 7.41. The van der Waals surface area contributed by atoms with E-state index >= 15 is 0 Å². The first-order chi connectivity index (χ1) is 9.29. The highest BCUT2D eigenvalue weighted by molar-refractivity contribution is 9.11. The van der Waals surface area contributed by atoms with Crippen molar-refractivity contribution in [2.75, 3.05) is 13.1 Å². The number of aromatic nitrogens is 3. The molecule has 1 aliphatic heterocycles. The predicted octanol–water partition coefficient (Wildman–Crippen LogP) is 3.01. The van der Waals surface area contributed by atoms with Crippen molar-refractivity contribution in [3.63, 3.8) is 0 Å². The van der Waals surface area contributed by atoms with Gasteiger partial charge in [0, 0.05) is 19.6 Å². The fourth-order valence-corrected chi connectivity index (χ4v) is 3.92. The van der Waals surface area contributed by atoms with Crippen molar-refractivity contribution in [2.45, 2.75) is 25.9 Å². The predicted molar refractivity (Wildman–Crippen MR) is 80.0 cm³/mol. The van der Waals surface area contributed by atoms with Crippen LogP contribution in [0.4, 0.5) is 0 Å². The summed E-state index contributed by atoms with van der Waals surface area (Å²) < 4.78 is 3.17. The molecule has 19 heavy (non-hydrogen) atoms. The monoisotopic (exact) mass is 340 g/mol. The molecule has 0 N–H and O–H groups in total. The van der Waals surface area contributed by atoms with Crippen LogP contribution in [0.1, 0.15) is 18.4 Å². The smallest absolute Gasteiger partial charge is 0.137 e. The summed E-state index contributed by atoms with van der Waals surface area (Å²) in [6.45, 7) is 4.43. The normalized spacial score (nSPS) is 20.8. The number of likely N-dealkylation sites (tertiary alicyclic amines) is 1. The Kier molecular flexibility index (Phi) is 4.30. The highest BCUT2D eigenvalue weighted by Gasteiger charge is 2.20. The number of thiophene rings is 1. The molecule has 0 aromatic carbocycles. The van der Waals surface area contributed by atoms with Crippen molar-refractivity contribution >= 4 is 27.3 Å². The van der Waals surface area contributed by atoms with Gasteiger partial charge >= 0.3 is 0 Å². The number of rotatable bonds is 4. The zero-order valence-corrected chi connectivity index (χ0v) is 13.1. The van der Waals surface area contributed by atoms with Crippen LogP contribution >= 0.6 is 27.3 Å². The fourth-order valence-electron chi connectivity index (χ4n) is 2.72. The van der Waals surface area contributed by atoms with Gasteiger partial charge in [0.25, 0.3) is 0 Å². The van der Waals surface area contributed by atoms with Gasteiger partial charge in [-0.05, 0) is 58.2 Å². The lowest BCUT2D eigenvalue weighted by atomic mass is 9.98. The van der Waals surface area contributed by atoms with Gasteiger partial charge in [0.2, 0.25) is 0 Å². The van der Waals surface area contributed by atoms with Gasteiger partial charge in [-0.25, -0.2) is 4.98 Å². The van der Waals surface area contributed by atoms with Gasteiger partial charge in [-0.1, -0.05) is 0 Å². The van der Waals surface area contributed by atoms with Gasteiger partial charge in [0.1, 0.15) is 12.7 Å². The van der Waals surface area contributed by atoms with E-state index in [4.69, 9.17) is 0 Å². The lowest BCUT2D eigenvalue weighted by molar-refractivity contribution is 0.153. The van der Waals surface area contributed by atoms with E-state index in [-0.39, 0.29) is 0 Å². The Bertz CT molecular complexity index is 510. The van der Waals surface area contributed by atoms with Gasteiger partial charge < -0.3 is 0 Å². The third kappa shape index (κ3) is 3.64. The molecule has 6 heteroatoms. The number of piperidine rings is 1. The van der Waals surface area contributed by atoms with Crippen LogP contribution in [-0.4, -0.2) is 32.8 Å². The van der Waals surface area contributed by atoms with Crippen molar-refractivity contribution in [1.82, 2.24) is 19.7 Å². The summed E-state index contributed by atoms with van der Waals surface area (Å²) in [5, 5.41) is 6.45. The highest BCUT2D eigenvalue weighted by Crippen LogP contribution is 2.24. The fraction of sp³-hybridized carbons (Fsp3) is 0.538. The maximum absolute atomic E-state index is 4.21. The summed E-state index contributed by atoms with van der Waals surface area (Å²) in [5.74, 6) is 0.692. The molecule has 0 amide bonds. The van der Waals surface area contributed by atoms with Gasteiger partial charge in [0.05, 0.1) is 3.79 Å². The van der Waals surface area contributed by atoms with Gasteiger partial charge in [-0.2, -0.15) is 5.10 Å². The van der Waals surface area contributed by atoms with Crippen LogP contribution in [0.5, 0.6) is 0 Å². The quantitative estimate of drug-likeness (QED) is 0.857. The summed E-state index contributed by atoms with van der Waals surface area (Å²) in [5.41, 5.74) is 1.42. The second kappa shape index (κ2) is 6.15. The van der Waals surface area contributed by atoms with E-state index in [0.717, 1.165) is 19.6 Å².